The van der Waals surface area contributed by atoms with E-state index in [9.17, 15) is 9.59 Å². The summed E-state index contributed by atoms with van der Waals surface area (Å²) < 4.78 is 10.8. The molecule has 1 aromatic carbocycles. The summed E-state index contributed by atoms with van der Waals surface area (Å²) in [6, 6.07) is 9.53. The molecule has 0 unspecified atom stereocenters. The van der Waals surface area contributed by atoms with E-state index < -0.39 is 23.2 Å². The highest BCUT2D eigenvalue weighted by Gasteiger charge is 2.46. The Kier molecular flexibility index (Phi) is 7.22. The Bertz CT molecular complexity index is 591. The van der Waals surface area contributed by atoms with Crippen LogP contribution in [0.2, 0.25) is 0 Å². The van der Waals surface area contributed by atoms with Crippen molar-refractivity contribution in [3.8, 4) is 0 Å². The van der Waals surface area contributed by atoms with Crippen molar-refractivity contribution in [2.75, 3.05) is 13.7 Å². The molecule has 25 heavy (non-hydrogen) atoms. The summed E-state index contributed by atoms with van der Waals surface area (Å²) in [5, 5.41) is 0. The second-order valence-electron chi connectivity index (χ2n) is 6.95. The minimum absolute atomic E-state index is 0.231. The van der Waals surface area contributed by atoms with Crippen LogP contribution < -0.4 is 0 Å². The van der Waals surface area contributed by atoms with Crippen molar-refractivity contribution in [1.29, 1.82) is 0 Å². The highest BCUT2D eigenvalue weighted by atomic mass is 16.6. The zero-order valence-corrected chi connectivity index (χ0v) is 15.9. The van der Waals surface area contributed by atoms with Crippen LogP contribution in [0.3, 0.4) is 0 Å². The van der Waals surface area contributed by atoms with Gasteiger partial charge in [0.1, 0.15) is 5.60 Å². The number of benzene rings is 1. The number of hydrogen-bond acceptors (Lipinski definition) is 4. The van der Waals surface area contributed by atoms with E-state index in [1.807, 2.05) is 30.3 Å². The Morgan fingerprint density at radius 1 is 1.20 bits per heavy atom. The van der Waals surface area contributed by atoms with E-state index >= 15 is 0 Å². The number of carbonyl (C=O) groups is 2. The lowest BCUT2D eigenvalue weighted by atomic mass is 9.86. The molecule has 0 aliphatic rings. The van der Waals surface area contributed by atoms with E-state index in [1.54, 1.807) is 40.8 Å². The average molecular weight is 347 g/mol. The predicted octanol–water partition coefficient (Wildman–Crippen LogP) is 3.97. The maximum absolute atomic E-state index is 12.9. The van der Waals surface area contributed by atoms with Crippen molar-refractivity contribution in [1.82, 2.24) is 4.90 Å². The quantitative estimate of drug-likeness (QED) is 0.553. The van der Waals surface area contributed by atoms with Gasteiger partial charge in [-0.25, -0.2) is 9.59 Å². The lowest BCUT2D eigenvalue weighted by molar-refractivity contribution is -0.156. The first-order valence-electron chi connectivity index (χ1n) is 8.45. The van der Waals surface area contributed by atoms with E-state index in [2.05, 4.69) is 6.58 Å². The van der Waals surface area contributed by atoms with Gasteiger partial charge in [-0.3, -0.25) is 4.90 Å². The Morgan fingerprint density at radius 2 is 1.80 bits per heavy atom. The van der Waals surface area contributed by atoms with Gasteiger partial charge in [0, 0.05) is 13.5 Å². The Hall–Kier alpha value is -2.30. The Labute approximate surface area is 150 Å². The van der Waals surface area contributed by atoms with E-state index in [1.165, 1.54) is 4.90 Å². The highest BCUT2D eigenvalue weighted by Crippen LogP contribution is 2.28. The minimum Gasteiger partial charge on any atom is -0.464 e. The molecular weight excluding hydrogens is 318 g/mol. The smallest absolute Gasteiger partial charge is 0.411 e. The fourth-order valence-corrected chi connectivity index (χ4v) is 2.56. The van der Waals surface area contributed by atoms with Gasteiger partial charge in [-0.15, -0.1) is 6.58 Å². The van der Waals surface area contributed by atoms with Crippen LogP contribution in [0, 0.1) is 0 Å². The normalized spacial score (nSPS) is 13.5. The van der Waals surface area contributed by atoms with Gasteiger partial charge in [0.2, 0.25) is 0 Å². The van der Waals surface area contributed by atoms with Crippen LogP contribution in [0.1, 0.15) is 39.7 Å². The third kappa shape index (κ3) is 5.62. The molecule has 0 aliphatic carbocycles. The molecule has 138 valence electrons. The van der Waals surface area contributed by atoms with E-state index in [0.29, 0.717) is 6.42 Å². The molecule has 0 radical (unpaired) electrons. The minimum atomic E-state index is -1.21. The Balaban J connectivity index is 3.29. The standard InChI is InChI=1S/C20H29NO4/c1-7-14-20(17(22)24-8-2,15-16-12-10-9-11-13-16)21(6)18(23)25-19(3,4)5/h7,9-13H,1,8,14-15H2,2-6H3/t20-/m0/s1. The number of esters is 1. The zero-order valence-electron chi connectivity index (χ0n) is 15.9. The SMILES string of the molecule is C=CC[C@](Cc1ccccc1)(C(=O)OCC)N(C)C(=O)OC(C)(C)C. The third-order valence-corrected chi connectivity index (χ3v) is 3.79. The lowest BCUT2D eigenvalue weighted by Gasteiger charge is -2.39. The fraction of sp³-hybridized carbons (Fsp3) is 0.500. The maximum Gasteiger partial charge on any atom is 0.411 e. The molecule has 1 amide bonds. The molecule has 0 bridgehead atoms. The van der Waals surface area contributed by atoms with Crippen molar-refractivity contribution in [3.05, 3.63) is 48.6 Å². The molecule has 0 aromatic heterocycles. The number of nitrogens with zero attached hydrogens (tertiary/aromatic N) is 1. The van der Waals surface area contributed by atoms with E-state index in [4.69, 9.17) is 9.47 Å². The van der Waals surface area contributed by atoms with Gasteiger partial charge in [0.05, 0.1) is 6.61 Å². The first-order chi connectivity index (χ1) is 11.7. The molecule has 1 atom stereocenters. The molecule has 0 saturated heterocycles. The van der Waals surface area contributed by atoms with Crippen LogP contribution in [0.15, 0.2) is 43.0 Å². The van der Waals surface area contributed by atoms with Crippen LogP contribution in [0.4, 0.5) is 4.79 Å². The van der Waals surface area contributed by atoms with Crippen LogP contribution in [-0.4, -0.2) is 41.8 Å². The molecule has 0 fully saturated rings. The van der Waals surface area contributed by atoms with Gasteiger partial charge in [0.25, 0.3) is 0 Å². The number of ether oxygens (including phenoxy) is 2. The largest absolute Gasteiger partial charge is 0.464 e. The van der Waals surface area contributed by atoms with Gasteiger partial charge in [-0.1, -0.05) is 36.4 Å². The molecule has 1 rings (SSSR count). The average Bonchev–Trinajstić information content (AvgIpc) is 2.53. The summed E-state index contributed by atoms with van der Waals surface area (Å²) in [6.07, 6.45) is 1.63. The van der Waals surface area contributed by atoms with Crippen molar-refractivity contribution >= 4 is 12.1 Å². The van der Waals surface area contributed by atoms with E-state index in [-0.39, 0.29) is 13.0 Å². The topological polar surface area (TPSA) is 55.8 Å². The number of rotatable bonds is 7. The summed E-state index contributed by atoms with van der Waals surface area (Å²) in [6.45, 7) is 11.1. The number of likely N-dealkylation sites (N-methyl/N-ethyl adjacent to an activating group) is 1. The van der Waals surface area contributed by atoms with Gasteiger partial charge in [-0.2, -0.15) is 0 Å². The summed E-state index contributed by atoms with van der Waals surface area (Å²) in [5.74, 6) is -0.466. The van der Waals surface area contributed by atoms with Crippen molar-refractivity contribution in [2.45, 2.75) is 51.7 Å². The molecule has 0 N–H and O–H groups in total. The van der Waals surface area contributed by atoms with Crippen LogP contribution in [0.25, 0.3) is 0 Å². The van der Waals surface area contributed by atoms with Crippen molar-refractivity contribution < 1.29 is 19.1 Å². The van der Waals surface area contributed by atoms with Gasteiger partial charge in [-0.05, 0) is 39.7 Å². The highest BCUT2D eigenvalue weighted by molar-refractivity contribution is 5.86. The second-order valence-corrected chi connectivity index (χ2v) is 6.95. The monoisotopic (exact) mass is 347 g/mol. The molecule has 0 heterocycles. The predicted molar refractivity (Wildman–Crippen MR) is 98.3 cm³/mol. The summed E-state index contributed by atoms with van der Waals surface area (Å²) in [7, 11) is 1.57. The number of carbonyl (C=O) groups excluding carboxylic acids is 2. The summed E-state index contributed by atoms with van der Waals surface area (Å²) in [4.78, 5) is 26.8. The van der Waals surface area contributed by atoms with Crippen molar-refractivity contribution in [3.63, 3.8) is 0 Å². The van der Waals surface area contributed by atoms with Crippen LogP contribution in [0.5, 0.6) is 0 Å². The molecule has 0 spiro atoms. The molecular formula is C20H29NO4. The Morgan fingerprint density at radius 3 is 2.28 bits per heavy atom. The van der Waals surface area contributed by atoms with Gasteiger partial charge < -0.3 is 9.47 Å². The first-order valence-corrected chi connectivity index (χ1v) is 8.45. The van der Waals surface area contributed by atoms with E-state index in [0.717, 1.165) is 5.56 Å². The molecule has 5 nitrogen and oxygen atoms in total. The molecule has 0 aliphatic heterocycles. The lowest BCUT2D eigenvalue weighted by Crippen LogP contribution is -2.58. The maximum atomic E-state index is 12.9. The number of hydrogen-bond donors (Lipinski definition) is 0. The first kappa shape index (κ1) is 20.7. The van der Waals surface area contributed by atoms with Crippen molar-refractivity contribution in [2.24, 2.45) is 0 Å². The zero-order chi connectivity index (χ0) is 19.1. The molecule has 0 saturated carbocycles. The third-order valence-electron chi connectivity index (χ3n) is 3.79. The van der Waals surface area contributed by atoms with Gasteiger partial charge >= 0.3 is 12.1 Å². The second kappa shape index (κ2) is 8.70. The van der Waals surface area contributed by atoms with Gasteiger partial charge in [0.15, 0.2) is 5.54 Å². The molecule has 1 aromatic rings. The fourth-order valence-electron chi connectivity index (χ4n) is 2.56. The number of amides is 1. The van der Waals surface area contributed by atoms with Crippen LogP contribution >= 0.6 is 0 Å². The summed E-state index contributed by atoms with van der Waals surface area (Å²) >= 11 is 0. The molecule has 5 heteroatoms. The summed E-state index contributed by atoms with van der Waals surface area (Å²) in [5.41, 5.74) is -0.943. The van der Waals surface area contributed by atoms with Crippen LogP contribution in [-0.2, 0) is 20.7 Å².